The number of nitrogens with one attached hydrogen (secondary N) is 2. The van der Waals surface area contributed by atoms with E-state index in [9.17, 15) is 13.2 Å². The minimum absolute atomic E-state index is 0.105. The number of hydrogen-bond donors (Lipinski definition) is 2. The average molecular weight is 345 g/mol. The van der Waals surface area contributed by atoms with Gasteiger partial charge in [-0.15, -0.1) is 4.83 Å². The van der Waals surface area contributed by atoms with Gasteiger partial charge in [-0.25, -0.2) is 8.42 Å². The van der Waals surface area contributed by atoms with Crippen molar-refractivity contribution < 1.29 is 13.2 Å². The fraction of sp³-hybridized carbons (Fsp3) is 0. The Kier molecular flexibility index (Phi) is 4.84. The highest BCUT2D eigenvalue weighted by Gasteiger charge is 2.16. The number of carbonyl (C=O) groups excluding carboxylic acids is 1. The van der Waals surface area contributed by atoms with E-state index >= 15 is 0 Å². The summed E-state index contributed by atoms with van der Waals surface area (Å²) in [6.45, 7) is 0. The lowest BCUT2D eigenvalue weighted by Crippen LogP contribution is -2.41. The quantitative estimate of drug-likeness (QED) is 0.837. The van der Waals surface area contributed by atoms with Crippen LogP contribution in [-0.2, 0) is 10.0 Å². The Morgan fingerprint density at radius 2 is 1.62 bits per heavy atom. The van der Waals surface area contributed by atoms with Crippen LogP contribution in [0, 0.1) is 0 Å². The zero-order chi connectivity index (χ0) is 15.5. The molecule has 5 nitrogen and oxygen atoms in total. The maximum absolute atomic E-state index is 12.0. The van der Waals surface area contributed by atoms with Gasteiger partial charge >= 0.3 is 0 Å². The fourth-order valence-corrected chi connectivity index (χ4v) is 2.71. The van der Waals surface area contributed by atoms with Gasteiger partial charge in [0, 0.05) is 5.56 Å². The van der Waals surface area contributed by atoms with Gasteiger partial charge in [-0.3, -0.25) is 10.2 Å². The number of hydrazine groups is 1. The van der Waals surface area contributed by atoms with Crippen molar-refractivity contribution in [3.63, 3.8) is 0 Å². The molecule has 0 heterocycles. The molecule has 8 heteroatoms. The molecule has 0 spiro atoms. The molecule has 0 saturated heterocycles. The fourth-order valence-electron chi connectivity index (χ4n) is 1.48. The monoisotopic (exact) mass is 344 g/mol. The van der Waals surface area contributed by atoms with E-state index in [1.54, 1.807) is 30.3 Å². The molecule has 2 aromatic carbocycles. The van der Waals surface area contributed by atoms with Crippen molar-refractivity contribution >= 4 is 39.1 Å². The lowest BCUT2D eigenvalue weighted by atomic mass is 10.2. The van der Waals surface area contributed by atoms with Crippen molar-refractivity contribution in [1.29, 1.82) is 0 Å². The maximum Gasteiger partial charge on any atom is 0.266 e. The summed E-state index contributed by atoms with van der Waals surface area (Å²) in [4.78, 5) is 13.6. The summed E-state index contributed by atoms with van der Waals surface area (Å²) in [5.41, 5.74) is 2.45. The van der Waals surface area contributed by atoms with Gasteiger partial charge in [0.05, 0.1) is 14.9 Å². The van der Waals surface area contributed by atoms with Gasteiger partial charge in [0.2, 0.25) is 0 Å². The van der Waals surface area contributed by atoms with Crippen molar-refractivity contribution in [2.24, 2.45) is 0 Å². The third-order valence-electron chi connectivity index (χ3n) is 2.54. The molecule has 110 valence electrons. The Morgan fingerprint density at radius 1 is 0.952 bits per heavy atom. The molecule has 2 aromatic rings. The van der Waals surface area contributed by atoms with Crippen molar-refractivity contribution in [2.75, 3.05) is 0 Å². The highest BCUT2D eigenvalue weighted by molar-refractivity contribution is 7.89. The molecular weight excluding hydrogens is 335 g/mol. The number of carbonyl (C=O) groups is 1. The van der Waals surface area contributed by atoms with Crippen LogP contribution in [0.5, 0.6) is 0 Å². The maximum atomic E-state index is 12.0. The lowest BCUT2D eigenvalue weighted by molar-refractivity contribution is 0.0945. The minimum Gasteiger partial charge on any atom is -0.273 e. The van der Waals surface area contributed by atoms with E-state index in [0.29, 0.717) is 5.56 Å². The van der Waals surface area contributed by atoms with E-state index in [1.165, 1.54) is 18.2 Å². The molecule has 0 aliphatic heterocycles. The Balaban J connectivity index is 2.11. The Hall–Kier alpha value is -1.60. The van der Waals surface area contributed by atoms with Crippen LogP contribution in [0.4, 0.5) is 0 Å². The van der Waals surface area contributed by atoms with Crippen LogP contribution < -0.4 is 10.3 Å². The predicted octanol–water partition coefficient (Wildman–Crippen LogP) is 2.62. The van der Waals surface area contributed by atoms with Crippen LogP contribution in [0.15, 0.2) is 53.4 Å². The molecule has 0 fully saturated rings. The van der Waals surface area contributed by atoms with Crippen LogP contribution in [0.1, 0.15) is 10.4 Å². The van der Waals surface area contributed by atoms with Crippen LogP contribution >= 0.6 is 23.2 Å². The van der Waals surface area contributed by atoms with Crippen molar-refractivity contribution in [3.8, 4) is 0 Å². The molecule has 0 aromatic heterocycles. The van der Waals surface area contributed by atoms with Crippen LogP contribution in [0.2, 0.25) is 10.0 Å². The largest absolute Gasteiger partial charge is 0.273 e. The Bertz CT molecular complexity index is 764. The van der Waals surface area contributed by atoms with Gasteiger partial charge in [0.25, 0.3) is 15.9 Å². The first-order chi connectivity index (χ1) is 9.90. The number of benzene rings is 2. The third kappa shape index (κ3) is 3.95. The van der Waals surface area contributed by atoms with Gasteiger partial charge in [-0.1, -0.05) is 41.4 Å². The average Bonchev–Trinajstić information content (AvgIpc) is 2.48. The zero-order valence-corrected chi connectivity index (χ0v) is 12.8. The highest BCUT2D eigenvalue weighted by Crippen LogP contribution is 2.24. The van der Waals surface area contributed by atoms with Crippen molar-refractivity contribution in [2.45, 2.75) is 4.90 Å². The Morgan fingerprint density at radius 3 is 2.24 bits per heavy atom. The highest BCUT2D eigenvalue weighted by atomic mass is 35.5. The molecule has 0 unspecified atom stereocenters. The normalized spacial score (nSPS) is 11.1. The summed E-state index contributed by atoms with van der Waals surface area (Å²) in [6.07, 6.45) is 0. The molecule has 21 heavy (non-hydrogen) atoms. The molecule has 0 bridgehead atoms. The second-order valence-electron chi connectivity index (χ2n) is 4.00. The first-order valence-corrected chi connectivity index (χ1v) is 7.96. The second kappa shape index (κ2) is 6.44. The van der Waals surface area contributed by atoms with Crippen LogP contribution in [-0.4, -0.2) is 14.3 Å². The van der Waals surface area contributed by atoms with Crippen molar-refractivity contribution in [1.82, 2.24) is 10.3 Å². The van der Waals surface area contributed by atoms with E-state index in [-0.39, 0.29) is 14.9 Å². The number of halogens is 2. The first-order valence-electron chi connectivity index (χ1n) is 5.72. The van der Waals surface area contributed by atoms with E-state index in [4.69, 9.17) is 23.2 Å². The van der Waals surface area contributed by atoms with Gasteiger partial charge < -0.3 is 0 Å². The smallest absolute Gasteiger partial charge is 0.266 e. The minimum atomic E-state index is -3.93. The Labute approximate surface area is 131 Å². The molecule has 1 amide bonds. The molecular formula is C13H10Cl2N2O3S. The summed E-state index contributed by atoms with van der Waals surface area (Å²) < 4.78 is 24.0. The molecule has 0 radical (unpaired) electrons. The molecule has 2 rings (SSSR count). The summed E-state index contributed by atoms with van der Waals surface area (Å²) >= 11 is 11.5. The van der Waals surface area contributed by atoms with Crippen LogP contribution in [0.25, 0.3) is 0 Å². The van der Waals surface area contributed by atoms with E-state index in [2.05, 4.69) is 5.43 Å². The molecule has 0 aliphatic rings. The topological polar surface area (TPSA) is 75.3 Å². The summed E-state index contributed by atoms with van der Waals surface area (Å²) in [5.74, 6) is -0.570. The zero-order valence-electron chi connectivity index (χ0n) is 10.5. The number of rotatable bonds is 4. The van der Waals surface area contributed by atoms with Crippen LogP contribution in [0.3, 0.4) is 0 Å². The molecule has 0 saturated carbocycles. The SMILES string of the molecule is O=C(NNS(=O)(=O)c1ccc(Cl)c(Cl)c1)c1ccccc1. The molecule has 2 N–H and O–H groups in total. The summed E-state index contributed by atoms with van der Waals surface area (Å²) in [6, 6.07) is 12.0. The predicted molar refractivity (Wildman–Crippen MR) is 80.7 cm³/mol. The van der Waals surface area contributed by atoms with Crippen molar-refractivity contribution in [3.05, 3.63) is 64.1 Å². The number of hydrogen-bond acceptors (Lipinski definition) is 3. The molecule has 0 aliphatic carbocycles. The molecule has 0 atom stereocenters. The van der Waals surface area contributed by atoms with Gasteiger partial charge in [0.1, 0.15) is 0 Å². The van der Waals surface area contributed by atoms with E-state index in [0.717, 1.165) is 0 Å². The van der Waals surface area contributed by atoms with E-state index < -0.39 is 15.9 Å². The van der Waals surface area contributed by atoms with Gasteiger partial charge in [-0.2, -0.15) is 0 Å². The summed E-state index contributed by atoms with van der Waals surface area (Å²) in [7, 11) is -3.93. The van der Waals surface area contributed by atoms with Gasteiger partial charge in [-0.05, 0) is 30.3 Å². The lowest BCUT2D eigenvalue weighted by Gasteiger charge is -2.09. The number of sulfonamides is 1. The third-order valence-corrected chi connectivity index (χ3v) is 4.52. The summed E-state index contributed by atoms with van der Waals surface area (Å²) in [5, 5.41) is 0.345. The number of amides is 1. The van der Waals surface area contributed by atoms with Gasteiger partial charge in [0.15, 0.2) is 0 Å². The first kappa shape index (κ1) is 15.8. The van der Waals surface area contributed by atoms with E-state index in [1.807, 2.05) is 4.83 Å². The second-order valence-corrected chi connectivity index (χ2v) is 6.50. The standard InChI is InChI=1S/C13H10Cl2N2O3S/c14-11-7-6-10(8-12(11)15)21(19,20)17-16-13(18)9-4-2-1-3-5-9/h1-8,17H,(H,16,18).